The van der Waals surface area contributed by atoms with E-state index in [4.69, 9.17) is 11.6 Å². The molecule has 1 aliphatic heterocycles. The molecule has 4 nitrogen and oxygen atoms in total. The highest BCUT2D eigenvalue weighted by atomic mass is 35.5. The Kier molecular flexibility index (Phi) is 7.53. The molecule has 0 radical (unpaired) electrons. The topological polar surface area (TPSA) is 49.4 Å². The SMILES string of the molecule is C[C@H](CCc1ccccc1)NC(=O)CN1C(=O)/C(=C/c2cccc(Cl)c2)Sc2ccccc21. The number of halogens is 1. The van der Waals surface area contributed by atoms with Crippen molar-refractivity contribution in [2.75, 3.05) is 11.4 Å². The van der Waals surface area contributed by atoms with E-state index >= 15 is 0 Å². The van der Waals surface area contributed by atoms with Crippen LogP contribution in [0.15, 0.2) is 88.7 Å². The Morgan fingerprint density at radius 1 is 1.06 bits per heavy atom. The zero-order chi connectivity index (χ0) is 23.2. The second kappa shape index (κ2) is 10.7. The van der Waals surface area contributed by atoms with Crippen molar-refractivity contribution in [3.63, 3.8) is 0 Å². The fourth-order valence-electron chi connectivity index (χ4n) is 3.73. The second-order valence-electron chi connectivity index (χ2n) is 8.02. The fraction of sp³-hybridized carbons (Fsp3) is 0.185. The van der Waals surface area contributed by atoms with Crippen molar-refractivity contribution in [3.8, 4) is 0 Å². The predicted molar refractivity (Wildman–Crippen MR) is 136 cm³/mol. The van der Waals surface area contributed by atoms with Crippen LogP contribution < -0.4 is 10.2 Å². The molecule has 3 aromatic rings. The molecule has 1 aliphatic rings. The van der Waals surface area contributed by atoms with Crippen LogP contribution in [0.2, 0.25) is 5.02 Å². The minimum atomic E-state index is -0.189. The Morgan fingerprint density at radius 2 is 1.82 bits per heavy atom. The molecule has 1 heterocycles. The van der Waals surface area contributed by atoms with Crippen molar-refractivity contribution in [1.29, 1.82) is 0 Å². The molecule has 1 atom stereocenters. The number of hydrogen-bond donors (Lipinski definition) is 1. The van der Waals surface area contributed by atoms with E-state index in [0.717, 1.165) is 29.0 Å². The lowest BCUT2D eigenvalue weighted by Crippen LogP contribution is -2.45. The quantitative estimate of drug-likeness (QED) is 0.428. The van der Waals surface area contributed by atoms with E-state index in [1.54, 1.807) is 11.0 Å². The molecule has 0 spiro atoms. The van der Waals surface area contributed by atoms with Gasteiger partial charge in [-0.3, -0.25) is 14.5 Å². The van der Waals surface area contributed by atoms with Crippen molar-refractivity contribution in [1.82, 2.24) is 5.32 Å². The van der Waals surface area contributed by atoms with E-state index in [1.165, 1.54) is 17.3 Å². The normalized spacial score (nSPS) is 15.3. The number of benzene rings is 3. The van der Waals surface area contributed by atoms with Gasteiger partial charge < -0.3 is 5.32 Å². The van der Waals surface area contributed by atoms with Gasteiger partial charge in [-0.1, -0.05) is 78.0 Å². The van der Waals surface area contributed by atoms with E-state index in [2.05, 4.69) is 17.4 Å². The number of thioether (sulfide) groups is 1. The predicted octanol–water partition coefficient (Wildman–Crippen LogP) is 5.96. The summed E-state index contributed by atoms with van der Waals surface area (Å²) < 4.78 is 0. The summed E-state index contributed by atoms with van der Waals surface area (Å²) in [5.74, 6) is -0.363. The first kappa shape index (κ1) is 23.1. The maximum absolute atomic E-state index is 13.3. The van der Waals surface area contributed by atoms with Crippen LogP contribution in [0.1, 0.15) is 24.5 Å². The average Bonchev–Trinajstić information content (AvgIpc) is 2.81. The zero-order valence-electron chi connectivity index (χ0n) is 18.3. The molecule has 3 aromatic carbocycles. The van der Waals surface area contributed by atoms with Gasteiger partial charge in [-0.2, -0.15) is 0 Å². The largest absolute Gasteiger partial charge is 0.352 e. The molecule has 0 saturated carbocycles. The Morgan fingerprint density at radius 3 is 2.61 bits per heavy atom. The van der Waals surface area contributed by atoms with Crippen LogP contribution in [-0.2, 0) is 16.0 Å². The third-order valence-electron chi connectivity index (χ3n) is 5.40. The lowest BCUT2D eigenvalue weighted by Gasteiger charge is -2.30. The molecule has 0 saturated heterocycles. The maximum atomic E-state index is 13.3. The van der Waals surface area contributed by atoms with Crippen LogP contribution in [0.3, 0.4) is 0 Å². The lowest BCUT2D eigenvalue weighted by molar-refractivity contribution is -0.122. The highest BCUT2D eigenvalue weighted by Gasteiger charge is 2.30. The Bertz CT molecular complexity index is 1180. The molecule has 0 fully saturated rings. The third kappa shape index (κ3) is 6.06. The number of nitrogens with zero attached hydrogens (tertiary/aromatic N) is 1. The van der Waals surface area contributed by atoms with Gasteiger partial charge >= 0.3 is 0 Å². The molecule has 33 heavy (non-hydrogen) atoms. The zero-order valence-corrected chi connectivity index (χ0v) is 19.9. The number of aryl methyl sites for hydroxylation is 1. The molecule has 0 bridgehead atoms. The summed E-state index contributed by atoms with van der Waals surface area (Å²) in [5.41, 5.74) is 2.84. The van der Waals surface area contributed by atoms with Crippen molar-refractivity contribution < 1.29 is 9.59 Å². The third-order valence-corrected chi connectivity index (χ3v) is 6.71. The number of carbonyl (C=O) groups excluding carboxylic acids is 2. The first-order valence-corrected chi connectivity index (χ1v) is 12.1. The summed E-state index contributed by atoms with van der Waals surface area (Å²) in [5, 5.41) is 3.65. The summed E-state index contributed by atoms with van der Waals surface area (Å²) in [4.78, 5) is 29.2. The van der Waals surface area contributed by atoms with Gasteiger partial charge in [-0.25, -0.2) is 0 Å². The lowest BCUT2D eigenvalue weighted by atomic mass is 10.1. The first-order valence-electron chi connectivity index (χ1n) is 10.9. The number of amides is 2. The number of para-hydroxylation sites is 1. The molecule has 0 unspecified atom stereocenters. The van der Waals surface area contributed by atoms with Crippen LogP contribution in [0, 0.1) is 0 Å². The highest BCUT2D eigenvalue weighted by Crippen LogP contribution is 2.42. The van der Waals surface area contributed by atoms with Crippen LogP contribution in [0.25, 0.3) is 6.08 Å². The van der Waals surface area contributed by atoms with Gasteiger partial charge in [0.05, 0.1) is 10.6 Å². The molecule has 1 N–H and O–H groups in total. The van der Waals surface area contributed by atoms with Gasteiger partial charge in [0.2, 0.25) is 5.91 Å². The number of carbonyl (C=O) groups is 2. The fourth-order valence-corrected chi connectivity index (χ4v) is 4.99. The molecule has 0 aliphatic carbocycles. The summed E-state index contributed by atoms with van der Waals surface area (Å²) in [6.07, 6.45) is 3.54. The van der Waals surface area contributed by atoms with Crippen molar-refractivity contribution >= 4 is 46.9 Å². The van der Waals surface area contributed by atoms with Crippen molar-refractivity contribution in [3.05, 3.63) is 99.9 Å². The average molecular weight is 477 g/mol. The van der Waals surface area contributed by atoms with Gasteiger partial charge in [-0.15, -0.1) is 0 Å². The molecular weight excluding hydrogens is 452 g/mol. The van der Waals surface area contributed by atoms with Gasteiger partial charge in [0.1, 0.15) is 6.54 Å². The van der Waals surface area contributed by atoms with E-state index in [0.29, 0.717) is 9.93 Å². The standard InChI is InChI=1S/C27H25ClN2O2S/c1-19(14-15-20-8-3-2-4-9-20)29-26(31)18-30-23-12-5-6-13-24(23)33-25(27(30)32)17-21-10-7-11-22(28)16-21/h2-13,16-17,19H,14-15,18H2,1H3,(H,29,31)/b25-17-/t19-/m1/s1. The van der Waals surface area contributed by atoms with Gasteiger partial charge in [-0.05, 0) is 61.2 Å². The van der Waals surface area contributed by atoms with Gasteiger partial charge in [0.15, 0.2) is 0 Å². The van der Waals surface area contributed by atoms with Gasteiger partial charge in [0.25, 0.3) is 5.91 Å². The molecule has 0 aromatic heterocycles. The van der Waals surface area contributed by atoms with E-state index in [9.17, 15) is 9.59 Å². The Labute approximate surface area is 203 Å². The number of fused-ring (bicyclic) bond motifs is 1. The highest BCUT2D eigenvalue weighted by molar-refractivity contribution is 8.04. The van der Waals surface area contributed by atoms with Crippen LogP contribution in [0.4, 0.5) is 5.69 Å². The van der Waals surface area contributed by atoms with Crippen molar-refractivity contribution in [2.24, 2.45) is 0 Å². The van der Waals surface area contributed by atoms with Crippen LogP contribution in [-0.4, -0.2) is 24.4 Å². The maximum Gasteiger partial charge on any atom is 0.265 e. The summed E-state index contributed by atoms with van der Waals surface area (Å²) >= 11 is 7.52. The van der Waals surface area contributed by atoms with E-state index in [1.807, 2.05) is 73.7 Å². The Balaban J connectivity index is 1.47. The summed E-state index contributed by atoms with van der Waals surface area (Å²) in [6, 6.07) is 25.2. The summed E-state index contributed by atoms with van der Waals surface area (Å²) in [7, 11) is 0. The first-order chi connectivity index (χ1) is 16.0. The summed E-state index contributed by atoms with van der Waals surface area (Å²) in [6.45, 7) is 1.96. The molecule has 6 heteroatoms. The number of nitrogens with one attached hydrogen (secondary N) is 1. The second-order valence-corrected chi connectivity index (χ2v) is 9.54. The molecule has 4 rings (SSSR count). The van der Waals surface area contributed by atoms with Gasteiger partial charge in [0, 0.05) is 16.0 Å². The minimum absolute atomic E-state index is 0.00342. The minimum Gasteiger partial charge on any atom is -0.352 e. The van der Waals surface area contributed by atoms with E-state index in [-0.39, 0.29) is 24.4 Å². The van der Waals surface area contributed by atoms with Crippen LogP contribution >= 0.6 is 23.4 Å². The number of anilines is 1. The van der Waals surface area contributed by atoms with E-state index < -0.39 is 0 Å². The molecule has 168 valence electrons. The monoisotopic (exact) mass is 476 g/mol. The van der Waals surface area contributed by atoms with Crippen molar-refractivity contribution in [2.45, 2.75) is 30.7 Å². The molecule has 2 amide bonds. The molecular formula is C27H25ClN2O2S. The smallest absolute Gasteiger partial charge is 0.265 e. The van der Waals surface area contributed by atoms with Crippen LogP contribution in [0.5, 0.6) is 0 Å². The number of hydrogen-bond acceptors (Lipinski definition) is 3. The number of rotatable bonds is 7. The Hall–Kier alpha value is -3.02.